The highest BCUT2D eigenvalue weighted by Crippen LogP contribution is 2.41. The minimum atomic E-state index is -0.154. The molecule has 5 nitrogen and oxygen atoms in total. The highest BCUT2D eigenvalue weighted by molar-refractivity contribution is 6.43. The fourth-order valence-electron chi connectivity index (χ4n) is 2.73. The van der Waals surface area contributed by atoms with Gasteiger partial charge in [-0.1, -0.05) is 28.4 Å². The quantitative estimate of drug-likeness (QED) is 0.634. The molecule has 122 valence electrons. The van der Waals surface area contributed by atoms with Gasteiger partial charge in [0.15, 0.2) is 5.78 Å². The number of ketones is 1. The van der Waals surface area contributed by atoms with E-state index in [9.17, 15) is 4.79 Å². The number of carbonyl (C=O) groups excluding carboxylic acids is 1. The fraction of sp³-hybridized carbons (Fsp3) is 0.235. The van der Waals surface area contributed by atoms with Crippen LogP contribution in [-0.2, 0) is 6.54 Å². The van der Waals surface area contributed by atoms with Crippen LogP contribution in [0.25, 0.3) is 0 Å². The molecule has 7 heteroatoms. The highest BCUT2D eigenvalue weighted by Gasteiger charge is 2.32. The number of benzene rings is 1. The first-order valence-electron chi connectivity index (χ1n) is 7.58. The Bertz CT molecular complexity index is 899. The average Bonchev–Trinajstić information content (AvgIpc) is 3.09. The molecule has 1 aliphatic rings. The van der Waals surface area contributed by atoms with Crippen molar-refractivity contribution in [1.29, 1.82) is 0 Å². The highest BCUT2D eigenvalue weighted by atomic mass is 35.5. The van der Waals surface area contributed by atoms with E-state index in [1.807, 2.05) is 6.07 Å². The monoisotopic (exact) mass is 361 g/mol. The summed E-state index contributed by atoms with van der Waals surface area (Å²) >= 11 is 12.5. The number of rotatable bonds is 5. The summed E-state index contributed by atoms with van der Waals surface area (Å²) in [5.41, 5.74) is 2.36. The molecule has 0 bridgehead atoms. The molecule has 4 rings (SSSR count). The molecule has 1 fully saturated rings. The van der Waals surface area contributed by atoms with Crippen LogP contribution < -0.4 is 0 Å². The van der Waals surface area contributed by atoms with Gasteiger partial charge in [-0.15, -0.1) is 0 Å². The van der Waals surface area contributed by atoms with Gasteiger partial charge in [0.25, 0.3) is 0 Å². The molecule has 2 heterocycles. The summed E-state index contributed by atoms with van der Waals surface area (Å²) in [6, 6.07) is 5.14. The smallest absolute Gasteiger partial charge is 0.198 e. The topological polar surface area (TPSA) is 60.9 Å². The number of halogens is 2. The molecule has 3 aromatic rings. The third-order valence-corrected chi connectivity index (χ3v) is 4.97. The summed E-state index contributed by atoms with van der Waals surface area (Å²) in [7, 11) is 0. The Labute approximate surface area is 148 Å². The number of carbonyl (C=O) groups is 1. The second-order valence-corrected chi connectivity index (χ2v) is 6.59. The molecular weight excluding hydrogens is 349 g/mol. The van der Waals surface area contributed by atoms with Gasteiger partial charge in [0, 0.05) is 29.4 Å². The Morgan fingerprint density at radius 1 is 1.29 bits per heavy atom. The van der Waals surface area contributed by atoms with Crippen molar-refractivity contribution >= 4 is 29.0 Å². The van der Waals surface area contributed by atoms with Crippen molar-refractivity contribution in [3.63, 3.8) is 0 Å². The lowest BCUT2D eigenvalue weighted by atomic mass is 9.97. The van der Waals surface area contributed by atoms with E-state index in [1.54, 1.807) is 29.2 Å². The average molecular weight is 362 g/mol. The Morgan fingerprint density at radius 2 is 2.12 bits per heavy atom. The van der Waals surface area contributed by atoms with Gasteiger partial charge in [-0.05, 0) is 31.0 Å². The van der Waals surface area contributed by atoms with Gasteiger partial charge in [-0.25, -0.2) is 0 Å². The molecule has 0 spiro atoms. The van der Waals surface area contributed by atoms with E-state index in [2.05, 4.69) is 10.3 Å². The SMILES string of the molecule is O=C(c1conc1C1CC1)c1ccc(Cl)c(Cl)c1Cn1cccn1. The molecule has 1 aromatic carbocycles. The predicted octanol–water partition coefficient (Wildman–Crippen LogP) is 4.33. The van der Waals surface area contributed by atoms with Crippen molar-refractivity contribution in [2.45, 2.75) is 25.3 Å². The van der Waals surface area contributed by atoms with Crippen LogP contribution in [0.4, 0.5) is 0 Å². The van der Waals surface area contributed by atoms with E-state index in [0.717, 1.165) is 18.5 Å². The van der Waals surface area contributed by atoms with Gasteiger partial charge in [-0.2, -0.15) is 5.10 Å². The molecule has 0 aliphatic heterocycles. The molecule has 0 N–H and O–H groups in total. The van der Waals surface area contributed by atoms with Gasteiger partial charge in [0.2, 0.25) is 0 Å². The van der Waals surface area contributed by atoms with Crippen LogP contribution in [0.15, 0.2) is 41.4 Å². The maximum atomic E-state index is 13.0. The normalized spacial score (nSPS) is 14.1. The van der Waals surface area contributed by atoms with Crippen molar-refractivity contribution in [1.82, 2.24) is 14.9 Å². The number of nitrogens with zero attached hydrogens (tertiary/aromatic N) is 3. The van der Waals surface area contributed by atoms with Crippen molar-refractivity contribution in [3.8, 4) is 0 Å². The van der Waals surface area contributed by atoms with E-state index in [1.165, 1.54) is 6.26 Å². The largest absolute Gasteiger partial charge is 0.364 e. The maximum Gasteiger partial charge on any atom is 0.198 e. The van der Waals surface area contributed by atoms with E-state index in [4.69, 9.17) is 27.7 Å². The molecule has 0 unspecified atom stereocenters. The molecule has 0 saturated heterocycles. The van der Waals surface area contributed by atoms with E-state index < -0.39 is 0 Å². The van der Waals surface area contributed by atoms with Crippen molar-refractivity contribution in [3.05, 3.63) is 69.3 Å². The predicted molar refractivity (Wildman–Crippen MR) is 89.7 cm³/mol. The van der Waals surface area contributed by atoms with E-state index >= 15 is 0 Å². The van der Waals surface area contributed by atoms with E-state index in [0.29, 0.717) is 39.2 Å². The third kappa shape index (κ3) is 2.74. The first-order valence-corrected chi connectivity index (χ1v) is 8.34. The standard InChI is InChI=1S/C17H13Cl2N3O2/c18-14-5-4-11(12(15(14)19)8-22-7-1-6-20-22)17(23)13-9-24-21-16(13)10-2-3-10/h1,4-7,9-10H,2-3,8H2. The van der Waals surface area contributed by atoms with Crippen molar-refractivity contribution in [2.75, 3.05) is 0 Å². The maximum absolute atomic E-state index is 13.0. The van der Waals surface area contributed by atoms with Crippen LogP contribution in [0, 0.1) is 0 Å². The Morgan fingerprint density at radius 3 is 2.83 bits per heavy atom. The van der Waals surface area contributed by atoms with Crippen LogP contribution in [0.5, 0.6) is 0 Å². The lowest BCUT2D eigenvalue weighted by molar-refractivity contribution is 0.103. The number of hydrogen-bond donors (Lipinski definition) is 0. The van der Waals surface area contributed by atoms with Gasteiger partial charge in [-0.3, -0.25) is 9.48 Å². The van der Waals surface area contributed by atoms with Crippen molar-refractivity contribution in [2.24, 2.45) is 0 Å². The molecule has 2 aromatic heterocycles. The summed E-state index contributed by atoms with van der Waals surface area (Å²) < 4.78 is 6.74. The van der Waals surface area contributed by atoms with Gasteiger partial charge < -0.3 is 4.52 Å². The zero-order valence-corrected chi connectivity index (χ0v) is 14.1. The number of hydrogen-bond acceptors (Lipinski definition) is 4. The lowest BCUT2D eigenvalue weighted by Crippen LogP contribution is -2.11. The number of aromatic nitrogens is 3. The molecule has 0 atom stereocenters. The summed E-state index contributed by atoms with van der Waals surface area (Å²) in [5.74, 6) is 0.166. The third-order valence-electron chi connectivity index (χ3n) is 4.13. The zero-order valence-electron chi connectivity index (χ0n) is 12.6. The lowest BCUT2D eigenvalue weighted by Gasteiger charge is -2.12. The van der Waals surface area contributed by atoms with Crippen molar-refractivity contribution < 1.29 is 9.32 Å². The first kappa shape index (κ1) is 15.4. The molecule has 1 aliphatic carbocycles. The second-order valence-electron chi connectivity index (χ2n) is 5.81. The van der Waals surface area contributed by atoms with Crippen LogP contribution >= 0.6 is 23.2 Å². The fourth-order valence-corrected chi connectivity index (χ4v) is 3.13. The van der Waals surface area contributed by atoms with Gasteiger partial charge in [0.05, 0.1) is 27.8 Å². The Kier molecular flexibility index (Phi) is 3.90. The summed E-state index contributed by atoms with van der Waals surface area (Å²) in [6.07, 6.45) is 6.96. The minimum Gasteiger partial charge on any atom is -0.364 e. The van der Waals surface area contributed by atoms with Crippen LogP contribution in [0.1, 0.15) is 45.9 Å². The molecule has 24 heavy (non-hydrogen) atoms. The molecule has 1 saturated carbocycles. The minimum absolute atomic E-state index is 0.154. The Balaban J connectivity index is 1.78. The van der Waals surface area contributed by atoms with Crippen LogP contribution in [0.3, 0.4) is 0 Å². The van der Waals surface area contributed by atoms with Crippen LogP contribution in [-0.4, -0.2) is 20.7 Å². The molecule has 0 amide bonds. The van der Waals surface area contributed by atoms with Gasteiger partial charge in [0.1, 0.15) is 6.26 Å². The first-order chi connectivity index (χ1) is 11.6. The summed E-state index contributed by atoms with van der Waals surface area (Å²) in [4.78, 5) is 13.0. The van der Waals surface area contributed by atoms with E-state index in [-0.39, 0.29) is 5.78 Å². The molecule has 0 radical (unpaired) electrons. The van der Waals surface area contributed by atoms with Gasteiger partial charge >= 0.3 is 0 Å². The summed E-state index contributed by atoms with van der Waals surface area (Å²) in [6.45, 7) is 0.359. The Hall–Kier alpha value is -2.11. The molecular formula is C17H13Cl2N3O2. The summed E-state index contributed by atoms with van der Waals surface area (Å²) in [5, 5.41) is 8.94. The van der Waals surface area contributed by atoms with Crippen LogP contribution in [0.2, 0.25) is 10.0 Å². The second kappa shape index (κ2) is 6.07. The zero-order chi connectivity index (χ0) is 16.7.